The first-order valence-corrected chi connectivity index (χ1v) is 5.78. The molecule has 0 atom stereocenters. The quantitative estimate of drug-likeness (QED) is 0.681. The molecule has 3 aromatic rings. The Morgan fingerprint density at radius 3 is 2.37 bits per heavy atom. The second-order valence-electron chi connectivity index (χ2n) is 4.16. The van der Waals surface area contributed by atoms with Gasteiger partial charge in [-0.25, -0.2) is 9.97 Å². The third kappa shape index (κ3) is 1.93. The van der Waals surface area contributed by atoms with Crippen molar-refractivity contribution in [3.05, 3.63) is 36.0 Å². The molecule has 0 spiro atoms. The number of aryl methyl sites for hydroxylation is 1. The number of fused-ring (bicyclic) bond motifs is 1. The molecule has 94 valence electrons. The van der Waals surface area contributed by atoms with Gasteiger partial charge in [-0.2, -0.15) is 9.97 Å². The van der Waals surface area contributed by atoms with E-state index in [9.17, 15) is 0 Å². The summed E-state index contributed by atoms with van der Waals surface area (Å²) in [5.74, 6) is 0.347. The van der Waals surface area contributed by atoms with Gasteiger partial charge < -0.3 is 11.5 Å². The van der Waals surface area contributed by atoms with Gasteiger partial charge in [0.25, 0.3) is 0 Å². The minimum atomic E-state index is 0.0992. The standard InChI is InChI=1S/C13H12N6/c1-7-9(8-5-3-2-4-6-8)17-12-10(16-7)11(14)18-13(15)19-12/h2-6H,1H3,(H4,14,15,17,18,19). The predicted octanol–water partition coefficient (Wildman–Crippen LogP) is 1.56. The van der Waals surface area contributed by atoms with Gasteiger partial charge in [-0.15, -0.1) is 0 Å². The molecule has 0 saturated heterocycles. The highest BCUT2D eigenvalue weighted by atomic mass is 15.1. The minimum Gasteiger partial charge on any atom is -0.382 e. The fourth-order valence-corrected chi connectivity index (χ4v) is 1.94. The zero-order valence-electron chi connectivity index (χ0n) is 10.3. The van der Waals surface area contributed by atoms with Crippen LogP contribution in [-0.2, 0) is 0 Å². The molecule has 0 bridgehead atoms. The van der Waals surface area contributed by atoms with E-state index in [0.717, 1.165) is 17.0 Å². The Hall–Kier alpha value is -2.76. The summed E-state index contributed by atoms with van der Waals surface area (Å²) in [4.78, 5) is 16.9. The highest BCUT2D eigenvalue weighted by Crippen LogP contribution is 2.23. The van der Waals surface area contributed by atoms with Crippen LogP contribution in [0.1, 0.15) is 5.69 Å². The van der Waals surface area contributed by atoms with E-state index < -0.39 is 0 Å². The van der Waals surface area contributed by atoms with Crippen molar-refractivity contribution in [1.82, 2.24) is 19.9 Å². The maximum atomic E-state index is 5.78. The van der Waals surface area contributed by atoms with Crippen LogP contribution in [0.3, 0.4) is 0 Å². The summed E-state index contributed by atoms with van der Waals surface area (Å²) in [5.41, 5.74) is 14.8. The molecule has 0 fully saturated rings. The zero-order chi connectivity index (χ0) is 13.4. The molecule has 3 rings (SSSR count). The first-order valence-electron chi connectivity index (χ1n) is 5.78. The number of rotatable bonds is 1. The second-order valence-corrected chi connectivity index (χ2v) is 4.16. The molecule has 0 aliphatic rings. The van der Waals surface area contributed by atoms with E-state index in [4.69, 9.17) is 11.5 Å². The van der Waals surface area contributed by atoms with E-state index in [0.29, 0.717) is 11.2 Å². The van der Waals surface area contributed by atoms with Crippen LogP contribution in [0.15, 0.2) is 30.3 Å². The van der Waals surface area contributed by atoms with Crippen molar-refractivity contribution in [3.63, 3.8) is 0 Å². The Labute approximate surface area is 109 Å². The van der Waals surface area contributed by atoms with Crippen molar-refractivity contribution in [2.24, 2.45) is 0 Å². The Kier molecular flexibility index (Phi) is 2.49. The topological polar surface area (TPSA) is 104 Å². The van der Waals surface area contributed by atoms with Crippen molar-refractivity contribution >= 4 is 22.9 Å². The number of hydrogen-bond acceptors (Lipinski definition) is 6. The third-order valence-corrected chi connectivity index (χ3v) is 2.80. The predicted molar refractivity (Wildman–Crippen MR) is 74.1 cm³/mol. The molecule has 2 aromatic heterocycles. The van der Waals surface area contributed by atoms with E-state index in [1.54, 1.807) is 0 Å². The van der Waals surface area contributed by atoms with Crippen LogP contribution in [-0.4, -0.2) is 19.9 Å². The number of benzene rings is 1. The normalized spacial score (nSPS) is 10.8. The molecule has 2 heterocycles. The van der Waals surface area contributed by atoms with E-state index in [1.807, 2.05) is 37.3 Å². The highest BCUT2D eigenvalue weighted by molar-refractivity contribution is 5.84. The lowest BCUT2D eigenvalue weighted by Gasteiger charge is -2.07. The molecule has 19 heavy (non-hydrogen) atoms. The monoisotopic (exact) mass is 252 g/mol. The van der Waals surface area contributed by atoms with Crippen molar-refractivity contribution < 1.29 is 0 Å². The number of nitrogens with zero attached hydrogens (tertiary/aromatic N) is 4. The van der Waals surface area contributed by atoms with Gasteiger partial charge >= 0.3 is 0 Å². The van der Waals surface area contributed by atoms with Gasteiger partial charge in [0.15, 0.2) is 17.0 Å². The van der Waals surface area contributed by atoms with Gasteiger partial charge in [-0.05, 0) is 6.92 Å². The maximum absolute atomic E-state index is 5.78. The Morgan fingerprint density at radius 1 is 0.895 bits per heavy atom. The smallest absolute Gasteiger partial charge is 0.224 e. The highest BCUT2D eigenvalue weighted by Gasteiger charge is 2.11. The summed E-state index contributed by atoms with van der Waals surface area (Å²) in [6.45, 7) is 1.88. The maximum Gasteiger partial charge on any atom is 0.224 e. The molecule has 4 N–H and O–H groups in total. The van der Waals surface area contributed by atoms with Crippen molar-refractivity contribution in [2.45, 2.75) is 6.92 Å². The molecule has 0 saturated carbocycles. The molecular formula is C13H12N6. The summed E-state index contributed by atoms with van der Waals surface area (Å²) >= 11 is 0. The lowest BCUT2D eigenvalue weighted by molar-refractivity contribution is 1.13. The van der Waals surface area contributed by atoms with Gasteiger partial charge in [-0.1, -0.05) is 30.3 Å². The molecule has 0 aliphatic heterocycles. The summed E-state index contributed by atoms with van der Waals surface area (Å²) in [7, 11) is 0. The van der Waals surface area contributed by atoms with Crippen molar-refractivity contribution in [2.75, 3.05) is 11.5 Å². The number of hydrogen-bond donors (Lipinski definition) is 2. The molecule has 0 unspecified atom stereocenters. The van der Waals surface area contributed by atoms with Gasteiger partial charge in [0.2, 0.25) is 5.95 Å². The SMILES string of the molecule is Cc1nc2c(N)nc(N)nc2nc1-c1ccccc1. The Balaban J connectivity index is 2.31. The van der Waals surface area contributed by atoms with Crippen molar-refractivity contribution in [1.29, 1.82) is 0 Å². The molecule has 6 heteroatoms. The molecule has 0 aliphatic carbocycles. The lowest BCUT2D eigenvalue weighted by atomic mass is 10.1. The molecule has 0 radical (unpaired) electrons. The fraction of sp³-hybridized carbons (Fsp3) is 0.0769. The summed E-state index contributed by atoms with van der Waals surface area (Å²) in [5, 5.41) is 0. The number of aromatic nitrogens is 4. The average molecular weight is 252 g/mol. The molecule has 1 aromatic carbocycles. The van der Waals surface area contributed by atoms with Crippen LogP contribution in [0.2, 0.25) is 0 Å². The van der Waals surface area contributed by atoms with Gasteiger partial charge in [-0.3, -0.25) is 0 Å². The van der Waals surface area contributed by atoms with E-state index in [1.165, 1.54) is 0 Å². The Bertz CT molecular complexity index is 754. The first kappa shape index (κ1) is 11.3. The zero-order valence-corrected chi connectivity index (χ0v) is 10.3. The van der Waals surface area contributed by atoms with Crippen LogP contribution in [0.25, 0.3) is 22.4 Å². The second kappa shape index (κ2) is 4.16. The minimum absolute atomic E-state index is 0.0992. The Morgan fingerprint density at radius 2 is 1.63 bits per heavy atom. The molecular weight excluding hydrogens is 240 g/mol. The number of anilines is 2. The van der Waals surface area contributed by atoms with Gasteiger partial charge in [0, 0.05) is 5.56 Å². The number of nitrogen functional groups attached to an aromatic ring is 2. The third-order valence-electron chi connectivity index (χ3n) is 2.80. The van der Waals surface area contributed by atoms with E-state index in [-0.39, 0.29) is 11.8 Å². The number of nitrogens with two attached hydrogens (primary N) is 2. The van der Waals surface area contributed by atoms with Gasteiger partial charge in [0.1, 0.15) is 0 Å². The summed E-state index contributed by atoms with van der Waals surface area (Å²) in [6, 6.07) is 9.78. The van der Waals surface area contributed by atoms with Crippen LogP contribution < -0.4 is 11.5 Å². The molecule has 6 nitrogen and oxygen atoms in total. The van der Waals surface area contributed by atoms with Crippen LogP contribution in [0.4, 0.5) is 11.8 Å². The van der Waals surface area contributed by atoms with Crippen LogP contribution in [0, 0.1) is 6.92 Å². The lowest BCUT2D eigenvalue weighted by Crippen LogP contribution is -2.05. The first-order chi connectivity index (χ1) is 9.15. The fourth-order valence-electron chi connectivity index (χ4n) is 1.94. The summed E-state index contributed by atoms with van der Waals surface area (Å²) in [6.07, 6.45) is 0. The average Bonchev–Trinajstić information content (AvgIpc) is 2.40. The largest absolute Gasteiger partial charge is 0.382 e. The molecule has 0 amide bonds. The van der Waals surface area contributed by atoms with Crippen LogP contribution >= 0.6 is 0 Å². The van der Waals surface area contributed by atoms with E-state index >= 15 is 0 Å². The summed E-state index contributed by atoms with van der Waals surface area (Å²) < 4.78 is 0. The van der Waals surface area contributed by atoms with Crippen molar-refractivity contribution in [3.8, 4) is 11.3 Å². The van der Waals surface area contributed by atoms with E-state index in [2.05, 4.69) is 19.9 Å². The van der Waals surface area contributed by atoms with Gasteiger partial charge in [0.05, 0.1) is 11.4 Å². The van der Waals surface area contributed by atoms with Crippen LogP contribution in [0.5, 0.6) is 0 Å².